The van der Waals surface area contributed by atoms with Crippen LogP contribution in [0.15, 0.2) is 22.5 Å². The molecule has 1 aliphatic rings. The third-order valence-electron chi connectivity index (χ3n) is 3.14. The topological polar surface area (TPSA) is 81.2 Å². The van der Waals surface area contributed by atoms with Gasteiger partial charge >= 0.3 is 5.97 Å². The monoisotopic (exact) mass is 369 g/mol. The molecule has 0 spiro atoms. The number of halogens is 1. The van der Waals surface area contributed by atoms with Gasteiger partial charge in [0.2, 0.25) is 5.13 Å². The molecule has 1 aromatic carbocycles. The number of anilines is 1. The van der Waals surface area contributed by atoms with E-state index in [-0.39, 0.29) is 6.42 Å². The lowest BCUT2D eigenvalue weighted by Crippen LogP contribution is -2.38. The Morgan fingerprint density at radius 3 is 3.13 bits per heavy atom. The molecule has 9 heteroatoms. The molecular formula is C14H12ClN3O3S2. The van der Waals surface area contributed by atoms with Gasteiger partial charge in [-0.05, 0) is 29.5 Å². The molecule has 0 saturated carbocycles. The van der Waals surface area contributed by atoms with Crippen molar-refractivity contribution < 1.29 is 14.3 Å². The molecule has 0 fully saturated rings. The standard InChI is InChI=1S/C14H12ClN3O3S2/c1-2-22-14-18-17-13(23-14)16-11(19)10-6-7-5-8(15)3-4-9(7)12(20)21-10/h3-5,10H,2,6H2,1H3,(H,16,17,19). The van der Waals surface area contributed by atoms with Crippen molar-refractivity contribution in [2.45, 2.75) is 23.8 Å². The van der Waals surface area contributed by atoms with Crippen LogP contribution in [0.25, 0.3) is 0 Å². The van der Waals surface area contributed by atoms with Crippen molar-refractivity contribution >= 4 is 51.7 Å². The predicted molar refractivity (Wildman–Crippen MR) is 89.3 cm³/mol. The molecule has 1 aromatic heterocycles. The second-order valence-corrected chi connectivity index (χ2v) is 7.62. The number of thioether (sulfide) groups is 1. The Balaban J connectivity index is 1.72. The summed E-state index contributed by atoms with van der Waals surface area (Å²) in [5, 5.41) is 11.4. The molecule has 0 radical (unpaired) electrons. The fourth-order valence-electron chi connectivity index (χ4n) is 2.14. The van der Waals surface area contributed by atoms with E-state index in [4.69, 9.17) is 16.3 Å². The van der Waals surface area contributed by atoms with E-state index in [0.717, 1.165) is 10.1 Å². The Morgan fingerprint density at radius 2 is 2.35 bits per heavy atom. The summed E-state index contributed by atoms with van der Waals surface area (Å²) < 4.78 is 5.98. The van der Waals surface area contributed by atoms with Crippen LogP contribution in [0.4, 0.5) is 5.13 Å². The molecule has 1 unspecified atom stereocenters. The van der Waals surface area contributed by atoms with Crippen LogP contribution in [0.2, 0.25) is 5.02 Å². The fraction of sp³-hybridized carbons (Fsp3) is 0.286. The summed E-state index contributed by atoms with van der Waals surface area (Å²) in [6.07, 6.45) is -0.623. The van der Waals surface area contributed by atoms with E-state index in [9.17, 15) is 9.59 Å². The lowest BCUT2D eigenvalue weighted by Gasteiger charge is -2.23. The predicted octanol–water partition coefficient (Wildman–Crippen LogP) is 3.02. The summed E-state index contributed by atoms with van der Waals surface area (Å²) in [7, 11) is 0. The third kappa shape index (κ3) is 3.65. The van der Waals surface area contributed by atoms with Crippen molar-refractivity contribution in [2.75, 3.05) is 11.1 Å². The number of amides is 1. The molecule has 23 heavy (non-hydrogen) atoms. The van der Waals surface area contributed by atoms with Gasteiger partial charge in [0.25, 0.3) is 5.91 Å². The first kappa shape index (κ1) is 16.2. The largest absolute Gasteiger partial charge is 0.448 e. The maximum atomic E-state index is 12.3. The van der Waals surface area contributed by atoms with E-state index in [2.05, 4.69) is 15.5 Å². The van der Waals surface area contributed by atoms with Gasteiger partial charge in [0.15, 0.2) is 10.4 Å². The van der Waals surface area contributed by atoms with Crippen molar-refractivity contribution in [3.8, 4) is 0 Å². The average molecular weight is 370 g/mol. The summed E-state index contributed by atoms with van der Waals surface area (Å²) in [5.41, 5.74) is 1.14. The van der Waals surface area contributed by atoms with Crippen LogP contribution in [0.3, 0.4) is 0 Å². The van der Waals surface area contributed by atoms with Crippen LogP contribution < -0.4 is 5.32 Å². The maximum absolute atomic E-state index is 12.3. The number of nitrogens with zero attached hydrogens (tertiary/aromatic N) is 2. The van der Waals surface area contributed by atoms with Crippen LogP contribution in [0, 0.1) is 0 Å². The zero-order valence-electron chi connectivity index (χ0n) is 12.0. The molecule has 6 nitrogen and oxygen atoms in total. The summed E-state index contributed by atoms with van der Waals surface area (Å²) in [6, 6.07) is 4.90. The lowest BCUT2D eigenvalue weighted by molar-refractivity contribution is -0.125. The number of nitrogens with one attached hydrogen (secondary N) is 1. The molecule has 3 rings (SSSR count). The number of hydrogen-bond donors (Lipinski definition) is 1. The summed E-state index contributed by atoms with van der Waals surface area (Å²) >= 11 is 8.77. The SMILES string of the molecule is CCSc1nnc(NC(=O)C2Cc3cc(Cl)ccc3C(=O)O2)s1. The quantitative estimate of drug-likeness (QED) is 0.507. The van der Waals surface area contributed by atoms with Crippen LogP contribution >= 0.6 is 34.7 Å². The van der Waals surface area contributed by atoms with Gasteiger partial charge < -0.3 is 4.74 Å². The first-order valence-corrected chi connectivity index (χ1v) is 9.01. The van der Waals surface area contributed by atoms with Gasteiger partial charge in [0.1, 0.15) is 0 Å². The fourth-order valence-corrected chi connectivity index (χ4v) is 3.99. The molecular weight excluding hydrogens is 358 g/mol. The zero-order chi connectivity index (χ0) is 16.4. The van der Waals surface area contributed by atoms with E-state index < -0.39 is 18.0 Å². The minimum atomic E-state index is -0.903. The molecule has 120 valence electrons. The van der Waals surface area contributed by atoms with Crippen molar-refractivity contribution in [3.63, 3.8) is 0 Å². The van der Waals surface area contributed by atoms with Gasteiger partial charge in [0, 0.05) is 11.4 Å². The highest BCUT2D eigenvalue weighted by molar-refractivity contribution is 8.01. The summed E-state index contributed by atoms with van der Waals surface area (Å²) in [5.74, 6) is -0.0730. The van der Waals surface area contributed by atoms with Gasteiger partial charge in [0.05, 0.1) is 5.56 Å². The number of hydrogen-bond acceptors (Lipinski definition) is 7. The Kier molecular flexibility index (Phi) is 4.84. The molecule has 2 aromatic rings. The van der Waals surface area contributed by atoms with E-state index >= 15 is 0 Å². The number of cyclic esters (lactones) is 1. The number of ether oxygens (including phenoxy) is 1. The molecule has 0 aliphatic carbocycles. The van der Waals surface area contributed by atoms with E-state index in [1.807, 2.05) is 6.92 Å². The Bertz CT molecular complexity index is 765. The Hall–Kier alpha value is -1.64. The first-order valence-electron chi connectivity index (χ1n) is 6.83. The second kappa shape index (κ2) is 6.86. The minimum Gasteiger partial charge on any atom is -0.448 e. The van der Waals surface area contributed by atoms with E-state index in [0.29, 0.717) is 21.3 Å². The highest BCUT2D eigenvalue weighted by Crippen LogP contribution is 2.27. The molecule has 1 N–H and O–H groups in total. The van der Waals surface area contributed by atoms with E-state index in [1.165, 1.54) is 11.3 Å². The highest BCUT2D eigenvalue weighted by atomic mass is 35.5. The van der Waals surface area contributed by atoms with Crippen LogP contribution in [0.5, 0.6) is 0 Å². The van der Waals surface area contributed by atoms with Crippen molar-refractivity contribution in [3.05, 3.63) is 34.3 Å². The van der Waals surface area contributed by atoms with Gasteiger partial charge in [-0.1, -0.05) is 41.6 Å². The van der Waals surface area contributed by atoms with Gasteiger partial charge in [-0.15, -0.1) is 10.2 Å². The van der Waals surface area contributed by atoms with Crippen molar-refractivity contribution in [1.29, 1.82) is 0 Å². The average Bonchev–Trinajstić information content (AvgIpc) is 2.94. The lowest BCUT2D eigenvalue weighted by atomic mass is 9.98. The number of benzene rings is 1. The van der Waals surface area contributed by atoms with Crippen molar-refractivity contribution in [1.82, 2.24) is 10.2 Å². The van der Waals surface area contributed by atoms with E-state index in [1.54, 1.807) is 30.0 Å². The summed E-state index contributed by atoms with van der Waals surface area (Å²) in [6.45, 7) is 2.01. The highest BCUT2D eigenvalue weighted by Gasteiger charge is 2.31. The van der Waals surface area contributed by atoms with Crippen LogP contribution in [0.1, 0.15) is 22.8 Å². The minimum absolute atomic E-state index is 0.281. The van der Waals surface area contributed by atoms with Gasteiger partial charge in [-0.3, -0.25) is 10.1 Å². The number of esters is 1. The third-order valence-corrected chi connectivity index (χ3v) is 5.23. The normalized spacial score (nSPS) is 16.6. The number of carbonyl (C=O) groups is 2. The Morgan fingerprint density at radius 1 is 1.52 bits per heavy atom. The van der Waals surface area contributed by atoms with Gasteiger partial charge in [-0.25, -0.2) is 4.79 Å². The number of carbonyl (C=O) groups excluding carboxylic acids is 2. The van der Waals surface area contributed by atoms with Crippen LogP contribution in [-0.2, 0) is 16.0 Å². The number of fused-ring (bicyclic) bond motifs is 1. The molecule has 1 atom stereocenters. The number of rotatable bonds is 4. The summed E-state index contributed by atoms with van der Waals surface area (Å²) in [4.78, 5) is 24.3. The molecule has 2 heterocycles. The first-order chi connectivity index (χ1) is 11.1. The molecule has 0 bridgehead atoms. The molecule has 1 aliphatic heterocycles. The zero-order valence-corrected chi connectivity index (χ0v) is 14.4. The van der Waals surface area contributed by atoms with Crippen LogP contribution in [-0.4, -0.2) is 33.9 Å². The second-order valence-electron chi connectivity index (χ2n) is 4.69. The van der Waals surface area contributed by atoms with Crippen molar-refractivity contribution in [2.24, 2.45) is 0 Å². The van der Waals surface area contributed by atoms with Gasteiger partial charge in [-0.2, -0.15) is 0 Å². The molecule has 1 amide bonds. The molecule has 0 saturated heterocycles. The maximum Gasteiger partial charge on any atom is 0.339 e. The number of aromatic nitrogens is 2. The smallest absolute Gasteiger partial charge is 0.339 e. The Labute approximate surface area is 145 Å².